The van der Waals surface area contributed by atoms with Gasteiger partial charge < -0.3 is 16.0 Å². The molecule has 1 amide bonds. The molecule has 3 aromatic rings. The van der Waals surface area contributed by atoms with Gasteiger partial charge >= 0.3 is 0 Å². The summed E-state index contributed by atoms with van der Waals surface area (Å²) < 4.78 is 1.93. The van der Waals surface area contributed by atoms with E-state index in [1.807, 2.05) is 4.52 Å². The minimum atomic E-state index is -0.279. The Morgan fingerprint density at radius 3 is 2.42 bits per heavy atom. The SMILES string of the molecule is CCc1ccc(-c2nc3sc(N4CCN(CC(N)=O)CC4)nn3c2NC(C)(C)C)cc1. The second-order valence-electron chi connectivity index (χ2n) is 9.04. The number of anilines is 2. The number of amides is 1. The van der Waals surface area contributed by atoms with Crippen LogP contribution >= 0.6 is 11.3 Å². The van der Waals surface area contributed by atoms with E-state index in [9.17, 15) is 4.79 Å². The molecule has 1 aliphatic heterocycles. The Kier molecular flexibility index (Phi) is 5.90. The minimum absolute atomic E-state index is 0.127. The van der Waals surface area contributed by atoms with E-state index >= 15 is 0 Å². The van der Waals surface area contributed by atoms with E-state index in [0.29, 0.717) is 6.54 Å². The molecule has 3 N–H and O–H groups in total. The molecule has 2 aromatic heterocycles. The molecule has 4 rings (SSSR count). The maximum Gasteiger partial charge on any atom is 0.231 e. The van der Waals surface area contributed by atoms with Gasteiger partial charge in [-0.05, 0) is 32.8 Å². The zero-order chi connectivity index (χ0) is 22.2. The first-order chi connectivity index (χ1) is 14.7. The Bertz CT molecular complexity index is 1060. The second kappa shape index (κ2) is 8.47. The van der Waals surface area contributed by atoms with Crippen LogP contribution in [0.4, 0.5) is 10.9 Å². The van der Waals surface area contributed by atoms with E-state index < -0.39 is 0 Å². The van der Waals surface area contributed by atoms with Gasteiger partial charge in [-0.25, -0.2) is 4.98 Å². The van der Waals surface area contributed by atoms with E-state index in [4.69, 9.17) is 15.8 Å². The molecule has 0 bridgehead atoms. The normalized spacial score (nSPS) is 15.5. The van der Waals surface area contributed by atoms with E-state index in [0.717, 1.165) is 59.8 Å². The molecule has 31 heavy (non-hydrogen) atoms. The van der Waals surface area contributed by atoms with Crippen LogP contribution in [0.15, 0.2) is 24.3 Å². The Labute approximate surface area is 187 Å². The van der Waals surface area contributed by atoms with Crippen LogP contribution in [0.5, 0.6) is 0 Å². The smallest absolute Gasteiger partial charge is 0.231 e. The number of piperazine rings is 1. The third kappa shape index (κ3) is 4.83. The summed E-state index contributed by atoms with van der Waals surface area (Å²) in [7, 11) is 0. The van der Waals surface area contributed by atoms with Crippen LogP contribution in [0.2, 0.25) is 0 Å². The molecule has 1 saturated heterocycles. The number of hydrogen-bond donors (Lipinski definition) is 2. The highest BCUT2D eigenvalue weighted by atomic mass is 32.1. The number of carbonyl (C=O) groups is 1. The van der Waals surface area contributed by atoms with Crippen molar-refractivity contribution in [3.05, 3.63) is 29.8 Å². The first kappa shape index (κ1) is 21.6. The van der Waals surface area contributed by atoms with Crippen molar-refractivity contribution in [3.8, 4) is 11.3 Å². The summed E-state index contributed by atoms with van der Waals surface area (Å²) in [6.07, 6.45) is 1.02. The van der Waals surface area contributed by atoms with E-state index in [-0.39, 0.29) is 11.4 Å². The van der Waals surface area contributed by atoms with E-state index in [1.54, 1.807) is 11.3 Å². The first-order valence-electron chi connectivity index (χ1n) is 10.8. The van der Waals surface area contributed by atoms with E-state index in [1.165, 1.54) is 5.56 Å². The summed E-state index contributed by atoms with van der Waals surface area (Å²) in [5, 5.41) is 9.47. The van der Waals surface area contributed by atoms with Gasteiger partial charge in [0.05, 0.1) is 6.54 Å². The lowest BCUT2D eigenvalue weighted by Crippen LogP contribution is -2.48. The molecule has 0 unspecified atom stereocenters. The van der Waals surface area contributed by atoms with Crippen LogP contribution in [0.3, 0.4) is 0 Å². The van der Waals surface area contributed by atoms with Crippen LogP contribution in [0.25, 0.3) is 16.2 Å². The summed E-state index contributed by atoms with van der Waals surface area (Å²) >= 11 is 1.60. The largest absolute Gasteiger partial charge is 0.369 e. The molecular formula is C22H31N7OS. The lowest BCUT2D eigenvalue weighted by atomic mass is 10.1. The number of benzene rings is 1. The quantitative estimate of drug-likeness (QED) is 0.611. The number of fused-ring (bicyclic) bond motifs is 1. The highest BCUT2D eigenvalue weighted by Crippen LogP contribution is 2.35. The molecule has 0 atom stereocenters. The van der Waals surface area contributed by atoms with Crippen LogP contribution in [0, 0.1) is 0 Å². The molecule has 0 spiro atoms. The van der Waals surface area contributed by atoms with Crippen LogP contribution < -0.4 is 16.0 Å². The molecule has 1 aromatic carbocycles. The van der Waals surface area contributed by atoms with Gasteiger partial charge in [0.2, 0.25) is 16.0 Å². The maximum atomic E-state index is 11.2. The van der Waals surface area contributed by atoms with Crippen molar-refractivity contribution < 1.29 is 4.79 Å². The average molecular weight is 442 g/mol. The molecule has 9 heteroatoms. The summed E-state index contributed by atoms with van der Waals surface area (Å²) in [6.45, 7) is 12.1. The van der Waals surface area contributed by atoms with Crippen molar-refractivity contribution in [3.63, 3.8) is 0 Å². The maximum absolute atomic E-state index is 11.2. The van der Waals surface area contributed by atoms with Gasteiger partial charge in [-0.15, -0.1) is 5.10 Å². The monoisotopic (exact) mass is 441 g/mol. The van der Waals surface area contributed by atoms with Gasteiger partial charge in [-0.3, -0.25) is 9.69 Å². The zero-order valence-electron chi connectivity index (χ0n) is 18.7. The van der Waals surface area contributed by atoms with Gasteiger partial charge in [-0.1, -0.05) is 42.5 Å². The van der Waals surface area contributed by atoms with Gasteiger partial charge in [0.15, 0.2) is 5.82 Å². The number of aryl methyl sites for hydroxylation is 1. The third-order valence-corrected chi connectivity index (χ3v) is 6.31. The number of nitrogens with zero attached hydrogens (tertiary/aromatic N) is 5. The Balaban J connectivity index is 1.64. The van der Waals surface area contributed by atoms with E-state index in [2.05, 4.69) is 67.1 Å². The van der Waals surface area contributed by atoms with Crippen molar-refractivity contribution in [1.82, 2.24) is 19.5 Å². The predicted molar refractivity (Wildman–Crippen MR) is 127 cm³/mol. The van der Waals surface area contributed by atoms with Crippen LogP contribution in [-0.4, -0.2) is 63.7 Å². The molecule has 1 fully saturated rings. The zero-order valence-corrected chi connectivity index (χ0v) is 19.5. The summed E-state index contributed by atoms with van der Waals surface area (Å²) in [4.78, 5) is 21.3. The fourth-order valence-corrected chi connectivity index (χ4v) is 4.70. The standard InChI is InChI=1S/C22H31N7OS/c1-5-15-6-8-16(9-7-15)18-19(25-22(2,3)4)29-20(24-18)31-21(26-29)28-12-10-27(11-13-28)14-17(23)30/h6-9,25H,5,10-14H2,1-4H3,(H2,23,30). The highest BCUT2D eigenvalue weighted by molar-refractivity contribution is 7.20. The Morgan fingerprint density at radius 1 is 1.16 bits per heavy atom. The summed E-state index contributed by atoms with van der Waals surface area (Å²) in [5.41, 5.74) is 8.52. The Hall–Kier alpha value is -2.65. The third-order valence-electron chi connectivity index (χ3n) is 5.34. The molecular weight excluding hydrogens is 410 g/mol. The van der Waals surface area contributed by atoms with Crippen molar-refractivity contribution >= 4 is 33.2 Å². The molecule has 0 radical (unpaired) electrons. The topological polar surface area (TPSA) is 91.8 Å². The summed E-state index contributed by atoms with van der Waals surface area (Å²) in [5.74, 6) is 0.639. The number of carbonyl (C=O) groups excluding carboxylic acids is 1. The molecule has 0 saturated carbocycles. The lowest BCUT2D eigenvalue weighted by Gasteiger charge is -2.33. The molecule has 166 valence electrons. The van der Waals surface area contributed by atoms with Crippen LogP contribution in [0.1, 0.15) is 33.3 Å². The van der Waals surface area contributed by atoms with Crippen molar-refractivity contribution in [2.75, 3.05) is 42.9 Å². The number of rotatable bonds is 6. The number of hydrogen-bond acceptors (Lipinski definition) is 7. The molecule has 8 nitrogen and oxygen atoms in total. The lowest BCUT2D eigenvalue weighted by molar-refractivity contribution is -0.119. The fourth-order valence-electron chi connectivity index (χ4n) is 3.75. The number of imidazole rings is 1. The fraction of sp³-hybridized carbons (Fsp3) is 0.500. The van der Waals surface area contributed by atoms with Gasteiger partial charge in [-0.2, -0.15) is 4.52 Å². The van der Waals surface area contributed by atoms with Crippen molar-refractivity contribution in [1.29, 1.82) is 0 Å². The van der Waals surface area contributed by atoms with Crippen molar-refractivity contribution in [2.45, 2.75) is 39.7 Å². The number of nitrogens with one attached hydrogen (secondary N) is 1. The van der Waals surface area contributed by atoms with Gasteiger partial charge in [0, 0.05) is 37.3 Å². The summed E-state index contributed by atoms with van der Waals surface area (Å²) in [6, 6.07) is 8.60. The van der Waals surface area contributed by atoms with Gasteiger partial charge in [0.25, 0.3) is 0 Å². The number of primary amides is 1. The number of aromatic nitrogens is 3. The molecule has 1 aliphatic rings. The van der Waals surface area contributed by atoms with Crippen LogP contribution in [-0.2, 0) is 11.2 Å². The Morgan fingerprint density at radius 2 is 1.84 bits per heavy atom. The molecule has 0 aliphatic carbocycles. The first-order valence-corrected chi connectivity index (χ1v) is 11.6. The second-order valence-corrected chi connectivity index (χ2v) is 9.98. The highest BCUT2D eigenvalue weighted by Gasteiger charge is 2.25. The average Bonchev–Trinajstić information content (AvgIpc) is 3.27. The van der Waals surface area contributed by atoms with Gasteiger partial charge in [0.1, 0.15) is 5.69 Å². The minimum Gasteiger partial charge on any atom is -0.369 e. The predicted octanol–water partition coefficient (Wildman–Crippen LogP) is 2.84. The molecule has 3 heterocycles. The number of nitrogens with two attached hydrogens (primary N) is 1. The van der Waals surface area contributed by atoms with Crippen molar-refractivity contribution in [2.24, 2.45) is 5.73 Å².